The van der Waals surface area contributed by atoms with Crippen molar-refractivity contribution in [3.8, 4) is 0 Å². The van der Waals surface area contributed by atoms with Crippen LogP contribution in [0.15, 0.2) is 18.3 Å². The summed E-state index contributed by atoms with van der Waals surface area (Å²) in [5.41, 5.74) is 6.00. The zero-order valence-corrected chi connectivity index (χ0v) is 10.2. The maximum atomic E-state index is 10.5. The highest BCUT2D eigenvalue weighted by atomic mass is 16.5. The number of methoxy groups -OCH3 is 1. The van der Waals surface area contributed by atoms with Crippen molar-refractivity contribution in [2.45, 2.75) is 43.8 Å². The first kappa shape index (κ1) is 12.3. The Hall–Kier alpha value is -1.13. The third-order valence-electron chi connectivity index (χ3n) is 3.77. The Morgan fingerprint density at radius 2 is 2.12 bits per heavy atom. The number of hydrogen-bond acceptors (Lipinski definition) is 4. The van der Waals surface area contributed by atoms with E-state index in [0.29, 0.717) is 11.4 Å². The molecule has 17 heavy (non-hydrogen) atoms. The Morgan fingerprint density at radius 3 is 2.71 bits per heavy atom. The van der Waals surface area contributed by atoms with Gasteiger partial charge < -0.3 is 15.6 Å². The smallest absolute Gasteiger partial charge is 0.129 e. The molecule has 3 N–H and O–H groups in total. The zero-order valence-electron chi connectivity index (χ0n) is 10.2. The number of pyridine rings is 1. The number of nitrogen functional groups attached to an aromatic ring is 1. The summed E-state index contributed by atoms with van der Waals surface area (Å²) in [6.45, 7) is 0. The van der Waals surface area contributed by atoms with Crippen LogP contribution in [0.3, 0.4) is 0 Å². The third kappa shape index (κ3) is 2.28. The monoisotopic (exact) mass is 236 g/mol. The molecule has 1 fully saturated rings. The van der Waals surface area contributed by atoms with Gasteiger partial charge in [-0.2, -0.15) is 0 Å². The van der Waals surface area contributed by atoms with Crippen LogP contribution in [0, 0.1) is 0 Å². The Morgan fingerprint density at radius 1 is 1.41 bits per heavy atom. The summed E-state index contributed by atoms with van der Waals surface area (Å²) in [4.78, 5) is 4.02. The van der Waals surface area contributed by atoms with Crippen molar-refractivity contribution < 1.29 is 9.84 Å². The average Bonchev–Trinajstić information content (AvgIpc) is 2.39. The maximum absolute atomic E-state index is 10.5. The largest absolute Gasteiger partial charge is 0.385 e. The average molecular weight is 236 g/mol. The summed E-state index contributed by atoms with van der Waals surface area (Å²) in [5, 5.41) is 10.5. The van der Waals surface area contributed by atoms with Gasteiger partial charge in [0.1, 0.15) is 11.9 Å². The first-order valence-corrected chi connectivity index (χ1v) is 6.13. The molecule has 4 heteroatoms. The quantitative estimate of drug-likeness (QED) is 0.842. The molecule has 1 aromatic heterocycles. The highest BCUT2D eigenvalue weighted by Crippen LogP contribution is 2.41. The Kier molecular flexibility index (Phi) is 3.64. The van der Waals surface area contributed by atoms with E-state index in [2.05, 4.69) is 4.98 Å². The number of rotatable bonds is 3. The lowest BCUT2D eigenvalue weighted by molar-refractivity contribution is -0.125. The first-order valence-electron chi connectivity index (χ1n) is 6.13. The van der Waals surface area contributed by atoms with Gasteiger partial charge in [-0.15, -0.1) is 0 Å². The Balaban J connectivity index is 2.28. The van der Waals surface area contributed by atoms with Crippen LogP contribution in [0.25, 0.3) is 0 Å². The van der Waals surface area contributed by atoms with Crippen LogP contribution in [0.2, 0.25) is 0 Å². The minimum atomic E-state index is -0.693. The van der Waals surface area contributed by atoms with E-state index in [0.717, 1.165) is 25.7 Å². The minimum Gasteiger partial charge on any atom is -0.385 e. The van der Waals surface area contributed by atoms with Crippen molar-refractivity contribution in [1.29, 1.82) is 0 Å². The third-order valence-corrected chi connectivity index (χ3v) is 3.77. The Bertz CT molecular complexity index is 375. The highest BCUT2D eigenvalue weighted by Gasteiger charge is 2.40. The molecule has 2 rings (SSSR count). The number of aromatic nitrogens is 1. The molecule has 0 spiro atoms. The van der Waals surface area contributed by atoms with Crippen molar-refractivity contribution in [2.75, 3.05) is 12.8 Å². The van der Waals surface area contributed by atoms with Crippen molar-refractivity contribution >= 4 is 5.82 Å². The van der Waals surface area contributed by atoms with E-state index in [-0.39, 0.29) is 0 Å². The summed E-state index contributed by atoms with van der Waals surface area (Å²) in [6, 6.07) is 3.61. The number of nitrogens with two attached hydrogens (primary N) is 1. The topological polar surface area (TPSA) is 68.4 Å². The molecule has 1 heterocycles. The van der Waals surface area contributed by atoms with Gasteiger partial charge in [0.25, 0.3) is 0 Å². The van der Waals surface area contributed by atoms with E-state index in [1.165, 1.54) is 6.42 Å². The molecular weight excluding hydrogens is 216 g/mol. The number of anilines is 1. The van der Waals surface area contributed by atoms with Gasteiger partial charge in [0, 0.05) is 18.9 Å². The van der Waals surface area contributed by atoms with E-state index >= 15 is 0 Å². The molecule has 4 nitrogen and oxygen atoms in total. The highest BCUT2D eigenvalue weighted by molar-refractivity contribution is 5.41. The van der Waals surface area contributed by atoms with Crippen LogP contribution in [0.5, 0.6) is 0 Å². The molecule has 1 atom stereocenters. The van der Waals surface area contributed by atoms with Crippen molar-refractivity contribution in [1.82, 2.24) is 4.98 Å². The Labute approximate surface area is 102 Å². The van der Waals surface area contributed by atoms with Crippen molar-refractivity contribution in [2.24, 2.45) is 0 Å². The van der Waals surface area contributed by atoms with E-state index in [4.69, 9.17) is 10.5 Å². The maximum Gasteiger partial charge on any atom is 0.129 e. The molecule has 1 aromatic rings. The number of aliphatic hydroxyl groups excluding tert-OH is 1. The molecule has 0 radical (unpaired) electrons. The van der Waals surface area contributed by atoms with E-state index < -0.39 is 11.7 Å². The number of ether oxygens (including phenoxy) is 1. The molecule has 0 amide bonds. The van der Waals surface area contributed by atoms with Gasteiger partial charge in [-0.1, -0.05) is 25.3 Å². The minimum absolute atomic E-state index is 0.391. The summed E-state index contributed by atoms with van der Waals surface area (Å²) >= 11 is 0. The number of nitrogens with zero attached hydrogens (tertiary/aromatic N) is 1. The van der Waals surface area contributed by atoms with E-state index in [1.807, 2.05) is 6.07 Å². The summed E-state index contributed by atoms with van der Waals surface area (Å²) in [5.74, 6) is 0.391. The molecule has 1 saturated carbocycles. The van der Waals surface area contributed by atoms with Gasteiger partial charge in [-0.25, -0.2) is 4.98 Å². The lowest BCUT2D eigenvalue weighted by atomic mass is 9.78. The van der Waals surface area contributed by atoms with E-state index in [9.17, 15) is 5.11 Å². The van der Waals surface area contributed by atoms with E-state index in [1.54, 1.807) is 19.4 Å². The van der Waals surface area contributed by atoms with Gasteiger partial charge >= 0.3 is 0 Å². The molecule has 94 valence electrons. The predicted molar refractivity (Wildman–Crippen MR) is 66.4 cm³/mol. The SMILES string of the molecule is COC1(C(O)c2cccnc2N)CCCCC1. The molecule has 1 aliphatic rings. The van der Waals surface area contributed by atoms with Gasteiger partial charge in [0.15, 0.2) is 0 Å². The van der Waals surface area contributed by atoms with Crippen LogP contribution in [0.4, 0.5) is 5.82 Å². The van der Waals surface area contributed by atoms with Crippen molar-refractivity contribution in [3.05, 3.63) is 23.9 Å². The van der Waals surface area contributed by atoms with Crippen LogP contribution in [0.1, 0.15) is 43.8 Å². The second-order valence-corrected chi connectivity index (χ2v) is 4.71. The van der Waals surface area contributed by atoms with Crippen molar-refractivity contribution in [3.63, 3.8) is 0 Å². The fourth-order valence-corrected chi connectivity index (χ4v) is 2.68. The molecular formula is C13H20N2O2. The van der Waals surface area contributed by atoms with Crippen LogP contribution in [-0.2, 0) is 4.74 Å². The van der Waals surface area contributed by atoms with Gasteiger partial charge in [-0.3, -0.25) is 0 Å². The fourth-order valence-electron chi connectivity index (χ4n) is 2.68. The second kappa shape index (κ2) is 5.02. The number of hydrogen-bond donors (Lipinski definition) is 2. The molecule has 1 aliphatic carbocycles. The van der Waals surface area contributed by atoms with Gasteiger partial charge in [-0.05, 0) is 18.9 Å². The molecule has 1 unspecified atom stereocenters. The summed E-state index contributed by atoms with van der Waals surface area (Å²) < 4.78 is 5.62. The normalized spacial score (nSPS) is 21.1. The molecule has 0 bridgehead atoms. The first-order chi connectivity index (χ1) is 8.19. The van der Waals surface area contributed by atoms with Gasteiger partial charge in [0.2, 0.25) is 0 Å². The number of aliphatic hydroxyl groups is 1. The molecule has 0 aliphatic heterocycles. The standard InChI is InChI=1S/C13H20N2O2/c1-17-13(7-3-2-4-8-13)11(16)10-6-5-9-15-12(10)14/h5-6,9,11,16H,2-4,7-8H2,1H3,(H2,14,15). The predicted octanol–water partition coefficient (Wildman–Crippen LogP) is 2.05. The van der Waals surface area contributed by atoms with Gasteiger partial charge in [0.05, 0.1) is 5.60 Å². The molecule has 0 aromatic carbocycles. The zero-order chi connectivity index (χ0) is 12.3. The lowest BCUT2D eigenvalue weighted by Crippen LogP contribution is -2.40. The van der Waals surface area contributed by atoms with Crippen LogP contribution in [-0.4, -0.2) is 22.8 Å². The molecule has 0 saturated heterocycles. The lowest BCUT2D eigenvalue weighted by Gasteiger charge is -2.40. The van der Waals surface area contributed by atoms with Crippen LogP contribution < -0.4 is 5.73 Å². The van der Waals surface area contributed by atoms with Crippen LogP contribution >= 0.6 is 0 Å². The summed E-state index contributed by atoms with van der Waals surface area (Å²) in [6.07, 6.45) is 6.07. The summed E-state index contributed by atoms with van der Waals surface area (Å²) in [7, 11) is 1.67. The second-order valence-electron chi connectivity index (χ2n) is 4.71. The fraction of sp³-hybridized carbons (Fsp3) is 0.615.